The van der Waals surface area contributed by atoms with E-state index >= 15 is 0 Å². The molecule has 1 aromatic heterocycles. The van der Waals surface area contributed by atoms with Crippen LogP contribution in [0.1, 0.15) is 23.4 Å². The number of hydrogen-bond donors (Lipinski definition) is 2. The Labute approximate surface area is 135 Å². The maximum absolute atomic E-state index is 12.4. The van der Waals surface area contributed by atoms with Crippen LogP contribution in [0.25, 0.3) is 0 Å². The molecule has 22 heavy (non-hydrogen) atoms. The highest BCUT2D eigenvalue weighted by Gasteiger charge is 2.19. The molecule has 2 aromatic rings. The highest BCUT2D eigenvalue weighted by atomic mass is 32.1. The van der Waals surface area contributed by atoms with Gasteiger partial charge in [0, 0.05) is 18.0 Å². The summed E-state index contributed by atoms with van der Waals surface area (Å²) in [5.41, 5.74) is 1.19. The molecular formula is C17H22N2O2S. The van der Waals surface area contributed by atoms with Crippen molar-refractivity contribution in [1.82, 2.24) is 10.2 Å². The Kier molecular flexibility index (Phi) is 6.43. The number of amides is 2. The van der Waals surface area contributed by atoms with E-state index in [2.05, 4.69) is 17.4 Å². The van der Waals surface area contributed by atoms with Crippen molar-refractivity contribution in [2.24, 2.45) is 0 Å². The van der Waals surface area contributed by atoms with Crippen molar-refractivity contribution in [3.63, 3.8) is 0 Å². The number of nitrogens with zero attached hydrogens (tertiary/aromatic N) is 1. The van der Waals surface area contributed by atoms with Crippen LogP contribution in [0.2, 0.25) is 0 Å². The van der Waals surface area contributed by atoms with E-state index in [1.807, 2.05) is 42.6 Å². The van der Waals surface area contributed by atoms with E-state index in [-0.39, 0.29) is 18.7 Å². The fourth-order valence-electron chi connectivity index (χ4n) is 2.33. The SMILES string of the molecule is CCN(CCO)C(=O)NC(Cc1ccccc1)c1cccs1. The van der Waals surface area contributed by atoms with Crippen LogP contribution in [-0.2, 0) is 6.42 Å². The third kappa shape index (κ3) is 4.58. The molecule has 2 rings (SSSR count). The summed E-state index contributed by atoms with van der Waals surface area (Å²) >= 11 is 1.64. The molecule has 0 saturated carbocycles. The van der Waals surface area contributed by atoms with E-state index in [4.69, 9.17) is 5.11 Å². The predicted octanol–water partition coefficient (Wildman–Crippen LogP) is 3.06. The van der Waals surface area contributed by atoms with Gasteiger partial charge in [0.25, 0.3) is 0 Å². The van der Waals surface area contributed by atoms with Gasteiger partial charge in [0.1, 0.15) is 0 Å². The van der Waals surface area contributed by atoms with Crippen LogP contribution in [0.4, 0.5) is 4.79 Å². The Morgan fingerprint density at radius 2 is 2.05 bits per heavy atom. The highest BCUT2D eigenvalue weighted by molar-refractivity contribution is 7.10. The molecule has 4 nitrogen and oxygen atoms in total. The van der Waals surface area contributed by atoms with Crippen LogP contribution in [0.5, 0.6) is 0 Å². The first-order valence-electron chi connectivity index (χ1n) is 7.48. The number of aliphatic hydroxyl groups is 1. The van der Waals surface area contributed by atoms with E-state index in [0.717, 1.165) is 11.3 Å². The zero-order chi connectivity index (χ0) is 15.8. The largest absolute Gasteiger partial charge is 0.395 e. The fraction of sp³-hybridized carbons (Fsp3) is 0.353. The van der Waals surface area contributed by atoms with Gasteiger partial charge in [-0.3, -0.25) is 0 Å². The van der Waals surface area contributed by atoms with Crippen LogP contribution in [0.3, 0.4) is 0 Å². The van der Waals surface area contributed by atoms with Gasteiger partial charge in [0.15, 0.2) is 0 Å². The second-order valence-electron chi connectivity index (χ2n) is 5.01. The van der Waals surface area contributed by atoms with Crippen LogP contribution in [-0.4, -0.2) is 35.7 Å². The molecule has 1 heterocycles. The van der Waals surface area contributed by atoms with Crippen molar-refractivity contribution in [3.05, 3.63) is 58.3 Å². The lowest BCUT2D eigenvalue weighted by Crippen LogP contribution is -2.43. The van der Waals surface area contributed by atoms with Gasteiger partial charge in [0.2, 0.25) is 0 Å². The van der Waals surface area contributed by atoms with Gasteiger partial charge in [0.05, 0.1) is 12.6 Å². The number of carbonyl (C=O) groups excluding carboxylic acids is 1. The summed E-state index contributed by atoms with van der Waals surface area (Å²) in [4.78, 5) is 15.1. The van der Waals surface area contributed by atoms with Gasteiger partial charge >= 0.3 is 6.03 Å². The quantitative estimate of drug-likeness (QED) is 0.824. The lowest BCUT2D eigenvalue weighted by molar-refractivity contribution is 0.177. The molecule has 1 atom stereocenters. The van der Waals surface area contributed by atoms with Crippen LogP contribution in [0.15, 0.2) is 47.8 Å². The minimum absolute atomic E-state index is 0.0242. The summed E-state index contributed by atoms with van der Waals surface area (Å²) in [5, 5.41) is 14.2. The van der Waals surface area contributed by atoms with E-state index in [0.29, 0.717) is 13.1 Å². The minimum Gasteiger partial charge on any atom is -0.395 e. The molecule has 0 spiro atoms. The number of hydrogen-bond acceptors (Lipinski definition) is 3. The Bertz CT molecular complexity index is 557. The van der Waals surface area contributed by atoms with E-state index in [9.17, 15) is 4.79 Å². The number of likely N-dealkylation sites (N-methyl/N-ethyl adjacent to an activating group) is 1. The van der Waals surface area contributed by atoms with Crippen molar-refractivity contribution in [2.75, 3.05) is 19.7 Å². The van der Waals surface area contributed by atoms with Gasteiger partial charge in [-0.1, -0.05) is 36.4 Å². The molecule has 1 unspecified atom stereocenters. The van der Waals surface area contributed by atoms with Gasteiger partial charge in [-0.25, -0.2) is 4.79 Å². The Balaban J connectivity index is 2.10. The average Bonchev–Trinajstić information content (AvgIpc) is 3.07. The summed E-state index contributed by atoms with van der Waals surface area (Å²) < 4.78 is 0. The van der Waals surface area contributed by atoms with E-state index < -0.39 is 0 Å². The van der Waals surface area contributed by atoms with Gasteiger partial charge in [-0.15, -0.1) is 11.3 Å². The Hall–Kier alpha value is -1.85. The molecule has 0 fully saturated rings. The van der Waals surface area contributed by atoms with Crippen molar-refractivity contribution in [1.29, 1.82) is 0 Å². The second-order valence-corrected chi connectivity index (χ2v) is 5.99. The summed E-state index contributed by atoms with van der Waals surface area (Å²) in [6.45, 7) is 2.82. The molecule has 0 aliphatic heterocycles. The number of benzene rings is 1. The Morgan fingerprint density at radius 1 is 1.27 bits per heavy atom. The average molecular weight is 318 g/mol. The number of carbonyl (C=O) groups is 1. The van der Waals surface area contributed by atoms with Gasteiger partial charge < -0.3 is 15.3 Å². The minimum atomic E-state index is -0.133. The molecular weight excluding hydrogens is 296 g/mol. The summed E-state index contributed by atoms with van der Waals surface area (Å²) in [6, 6.07) is 14.0. The van der Waals surface area contributed by atoms with Crippen molar-refractivity contribution < 1.29 is 9.90 Å². The zero-order valence-corrected chi connectivity index (χ0v) is 13.6. The maximum atomic E-state index is 12.4. The molecule has 0 bridgehead atoms. The first kappa shape index (κ1) is 16.5. The zero-order valence-electron chi connectivity index (χ0n) is 12.7. The summed E-state index contributed by atoms with van der Waals surface area (Å²) in [5.74, 6) is 0. The van der Waals surface area contributed by atoms with Crippen molar-refractivity contribution >= 4 is 17.4 Å². The number of urea groups is 1. The van der Waals surface area contributed by atoms with E-state index in [1.165, 1.54) is 5.56 Å². The predicted molar refractivity (Wildman–Crippen MR) is 90.1 cm³/mol. The summed E-state index contributed by atoms with van der Waals surface area (Å²) in [7, 11) is 0. The second kappa shape index (κ2) is 8.56. The molecule has 0 saturated heterocycles. The number of nitrogens with one attached hydrogen (secondary N) is 1. The lowest BCUT2D eigenvalue weighted by atomic mass is 10.0. The van der Waals surface area contributed by atoms with Gasteiger partial charge in [-0.05, 0) is 30.4 Å². The number of thiophene rings is 1. The van der Waals surface area contributed by atoms with Crippen LogP contribution < -0.4 is 5.32 Å². The smallest absolute Gasteiger partial charge is 0.317 e. The topological polar surface area (TPSA) is 52.6 Å². The van der Waals surface area contributed by atoms with Crippen molar-refractivity contribution in [3.8, 4) is 0 Å². The number of aliphatic hydroxyl groups excluding tert-OH is 1. The molecule has 0 radical (unpaired) electrons. The normalized spacial score (nSPS) is 11.9. The number of rotatable bonds is 7. The molecule has 2 N–H and O–H groups in total. The molecule has 1 aromatic carbocycles. The molecule has 5 heteroatoms. The van der Waals surface area contributed by atoms with E-state index in [1.54, 1.807) is 16.2 Å². The van der Waals surface area contributed by atoms with Gasteiger partial charge in [-0.2, -0.15) is 0 Å². The third-order valence-corrected chi connectivity index (χ3v) is 4.49. The molecule has 0 aliphatic carbocycles. The van der Waals surface area contributed by atoms with Crippen LogP contribution >= 0.6 is 11.3 Å². The molecule has 2 amide bonds. The fourth-order valence-corrected chi connectivity index (χ4v) is 3.10. The molecule has 118 valence electrons. The Morgan fingerprint density at radius 3 is 2.64 bits per heavy atom. The highest BCUT2D eigenvalue weighted by Crippen LogP contribution is 2.23. The first-order valence-corrected chi connectivity index (χ1v) is 8.36. The lowest BCUT2D eigenvalue weighted by Gasteiger charge is -2.24. The molecule has 0 aliphatic rings. The maximum Gasteiger partial charge on any atom is 0.317 e. The third-order valence-electron chi connectivity index (χ3n) is 3.51. The first-order chi connectivity index (χ1) is 10.7. The van der Waals surface area contributed by atoms with Crippen LogP contribution in [0, 0.1) is 0 Å². The standard InChI is InChI=1S/C17H22N2O2S/c1-2-19(10-11-20)17(21)18-15(16-9-6-12-22-16)13-14-7-4-3-5-8-14/h3-9,12,15,20H,2,10-11,13H2,1H3,(H,18,21). The van der Waals surface area contributed by atoms with Crippen molar-refractivity contribution in [2.45, 2.75) is 19.4 Å². The monoisotopic (exact) mass is 318 g/mol. The summed E-state index contributed by atoms with van der Waals surface area (Å²) in [6.07, 6.45) is 0.754.